The number of hydrogen-bond donors (Lipinski definition) is 0. The van der Waals surface area contributed by atoms with Crippen molar-refractivity contribution in [2.75, 3.05) is 26.3 Å². The maximum atomic E-state index is 12.6. The third-order valence-corrected chi connectivity index (χ3v) is 5.32. The van der Waals surface area contributed by atoms with E-state index < -0.39 is 0 Å². The molecule has 3 rings (SSSR count). The van der Waals surface area contributed by atoms with Crippen LogP contribution in [0.25, 0.3) is 0 Å². The monoisotopic (exact) mass is 381 g/mol. The van der Waals surface area contributed by atoms with Crippen LogP contribution in [0, 0.1) is 5.92 Å². The van der Waals surface area contributed by atoms with Crippen molar-refractivity contribution >= 4 is 21.8 Å². The Hall–Kier alpha value is -1.07. The minimum Gasteiger partial charge on any atom is -0.490 e. The lowest BCUT2D eigenvalue weighted by Crippen LogP contribution is -2.37. The molecule has 5 heteroatoms. The van der Waals surface area contributed by atoms with Crippen LogP contribution in [0.1, 0.15) is 43.0 Å². The van der Waals surface area contributed by atoms with Gasteiger partial charge in [-0.1, -0.05) is 6.92 Å². The number of halogens is 1. The van der Waals surface area contributed by atoms with Crippen LogP contribution in [0.15, 0.2) is 22.7 Å². The number of amides is 1. The predicted octanol–water partition coefficient (Wildman–Crippen LogP) is 3.88. The summed E-state index contributed by atoms with van der Waals surface area (Å²) in [5.41, 5.74) is 0.718. The minimum absolute atomic E-state index is 0.114. The number of likely N-dealkylation sites (tertiary alicyclic amines) is 1. The highest BCUT2D eigenvalue weighted by Crippen LogP contribution is 2.28. The van der Waals surface area contributed by atoms with Crippen molar-refractivity contribution in [3.8, 4) is 5.75 Å². The molecule has 1 amide bonds. The van der Waals surface area contributed by atoms with Gasteiger partial charge in [0.2, 0.25) is 0 Å². The van der Waals surface area contributed by atoms with Crippen molar-refractivity contribution in [3.05, 3.63) is 28.2 Å². The van der Waals surface area contributed by atoms with Crippen LogP contribution in [0.3, 0.4) is 0 Å². The quantitative estimate of drug-likeness (QED) is 0.794. The van der Waals surface area contributed by atoms with E-state index in [0.717, 1.165) is 67.1 Å². The lowest BCUT2D eigenvalue weighted by molar-refractivity contribution is 0.0673. The third kappa shape index (κ3) is 4.27. The van der Waals surface area contributed by atoms with Crippen LogP contribution in [0.4, 0.5) is 0 Å². The second-order valence-electron chi connectivity index (χ2n) is 6.57. The molecule has 0 aromatic heterocycles. The van der Waals surface area contributed by atoms with E-state index >= 15 is 0 Å². The lowest BCUT2D eigenvalue weighted by atomic mass is 9.98. The molecule has 2 fully saturated rings. The molecule has 1 aromatic carbocycles. The SMILES string of the molecule is CC1CCN(C(=O)c2ccc(OCC3CCCO3)c(Br)c2)CC1. The molecule has 126 valence electrons. The van der Waals surface area contributed by atoms with E-state index in [1.807, 2.05) is 23.1 Å². The van der Waals surface area contributed by atoms with Gasteiger partial charge in [-0.15, -0.1) is 0 Å². The van der Waals surface area contributed by atoms with Crippen molar-refractivity contribution in [2.24, 2.45) is 5.92 Å². The van der Waals surface area contributed by atoms with E-state index in [9.17, 15) is 4.79 Å². The second-order valence-corrected chi connectivity index (χ2v) is 7.42. The summed E-state index contributed by atoms with van der Waals surface area (Å²) >= 11 is 3.52. The van der Waals surface area contributed by atoms with Gasteiger partial charge in [-0.25, -0.2) is 0 Å². The number of rotatable bonds is 4. The Bertz CT molecular complexity index is 549. The lowest BCUT2D eigenvalue weighted by Gasteiger charge is -2.30. The maximum Gasteiger partial charge on any atom is 0.253 e. The molecule has 4 nitrogen and oxygen atoms in total. The normalized spacial score (nSPS) is 22.3. The molecule has 0 N–H and O–H groups in total. The van der Waals surface area contributed by atoms with Crippen molar-refractivity contribution in [3.63, 3.8) is 0 Å². The highest BCUT2D eigenvalue weighted by Gasteiger charge is 2.22. The fourth-order valence-corrected chi connectivity index (χ4v) is 3.60. The summed E-state index contributed by atoms with van der Waals surface area (Å²) in [6, 6.07) is 5.60. The smallest absolute Gasteiger partial charge is 0.253 e. The number of hydrogen-bond acceptors (Lipinski definition) is 3. The standard InChI is InChI=1S/C18H24BrNO3/c1-13-6-8-20(9-7-13)18(21)14-4-5-17(16(19)11-14)23-12-15-3-2-10-22-15/h4-5,11,13,15H,2-3,6-10,12H2,1H3. The molecule has 0 aliphatic carbocycles. The Morgan fingerprint density at radius 2 is 2.13 bits per heavy atom. The van der Waals surface area contributed by atoms with Gasteiger partial charge in [-0.3, -0.25) is 4.79 Å². The molecule has 2 aliphatic rings. The van der Waals surface area contributed by atoms with Crippen LogP contribution >= 0.6 is 15.9 Å². The molecule has 0 bridgehead atoms. The van der Waals surface area contributed by atoms with Gasteiger partial charge < -0.3 is 14.4 Å². The third-order valence-electron chi connectivity index (χ3n) is 4.70. The Morgan fingerprint density at radius 3 is 2.78 bits per heavy atom. The van der Waals surface area contributed by atoms with Crippen molar-refractivity contribution < 1.29 is 14.3 Å². The maximum absolute atomic E-state index is 12.6. The van der Waals surface area contributed by atoms with E-state index in [0.29, 0.717) is 6.61 Å². The fourth-order valence-electron chi connectivity index (χ4n) is 3.10. The Labute approximate surface area is 146 Å². The van der Waals surface area contributed by atoms with Crippen LogP contribution in [0.2, 0.25) is 0 Å². The molecule has 0 saturated carbocycles. The summed E-state index contributed by atoms with van der Waals surface area (Å²) in [5.74, 6) is 1.60. The van der Waals surface area contributed by atoms with Crippen LogP contribution < -0.4 is 4.74 Å². The average molecular weight is 382 g/mol. The molecule has 0 spiro atoms. The van der Waals surface area contributed by atoms with Gasteiger partial charge in [-0.05, 0) is 65.7 Å². The first kappa shape index (κ1) is 16.8. The highest BCUT2D eigenvalue weighted by atomic mass is 79.9. The topological polar surface area (TPSA) is 38.8 Å². The van der Waals surface area contributed by atoms with Gasteiger partial charge in [0.1, 0.15) is 12.4 Å². The van der Waals surface area contributed by atoms with Crippen molar-refractivity contribution in [2.45, 2.75) is 38.7 Å². The van der Waals surface area contributed by atoms with E-state index in [4.69, 9.17) is 9.47 Å². The molecule has 1 unspecified atom stereocenters. The van der Waals surface area contributed by atoms with Crippen molar-refractivity contribution in [1.29, 1.82) is 0 Å². The number of piperidine rings is 1. The zero-order valence-electron chi connectivity index (χ0n) is 13.6. The van der Waals surface area contributed by atoms with E-state index in [1.54, 1.807) is 0 Å². The zero-order valence-corrected chi connectivity index (χ0v) is 15.2. The predicted molar refractivity (Wildman–Crippen MR) is 92.9 cm³/mol. The van der Waals surface area contributed by atoms with Crippen LogP contribution in [-0.4, -0.2) is 43.2 Å². The summed E-state index contributed by atoms with van der Waals surface area (Å²) in [5, 5.41) is 0. The van der Waals surface area contributed by atoms with E-state index in [2.05, 4.69) is 22.9 Å². The van der Waals surface area contributed by atoms with E-state index in [-0.39, 0.29) is 12.0 Å². The molecule has 1 aromatic rings. The van der Waals surface area contributed by atoms with Gasteiger partial charge in [0.25, 0.3) is 5.91 Å². The molecule has 1 atom stereocenters. The number of nitrogens with zero attached hydrogens (tertiary/aromatic N) is 1. The number of carbonyl (C=O) groups excluding carboxylic acids is 1. The van der Waals surface area contributed by atoms with Gasteiger partial charge in [0.15, 0.2) is 0 Å². The van der Waals surface area contributed by atoms with Crippen molar-refractivity contribution in [1.82, 2.24) is 4.90 Å². The number of ether oxygens (including phenoxy) is 2. The Balaban J connectivity index is 1.60. The molecule has 23 heavy (non-hydrogen) atoms. The molecular formula is C18H24BrNO3. The van der Waals surface area contributed by atoms with Crippen LogP contribution in [-0.2, 0) is 4.74 Å². The number of benzene rings is 1. The molecular weight excluding hydrogens is 358 g/mol. The largest absolute Gasteiger partial charge is 0.490 e. The zero-order chi connectivity index (χ0) is 16.2. The summed E-state index contributed by atoms with van der Waals surface area (Å²) in [6.45, 7) is 5.36. The minimum atomic E-state index is 0.114. The highest BCUT2D eigenvalue weighted by molar-refractivity contribution is 9.10. The first-order chi connectivity index (χ1) is 11.1. The Kier molecular flexibility index (Phi) is 5.59. The average Bonchev–Trinajstić information content (AvgIpc) is 3.07. The first-order valence-corrected chi connectivity index (χ1v) is 9.26. The molecule has 0 radical (unpaired) electrons. The first-order valence-electron chi connectivity index (χ1n) is 8.46. The summed E-state index contributed by atoms with van der Waals surface area (Å²) in [7, 11) is 0. The molecule has 2 saturated heterocycles. The Morgan fingerprint density at radius 1 is 1.35 bits per heavy atom. The summed E-state index contributed by atoms with van der Waals surface area (Å²) in [6.07, 6.45) is 4.54. The fraction of sp³-hybridized carbons (Fsp3) is 0.611. The van der Waals surface area contributed by atoms with Gasteiger partial charge >= 0.3 is 0 Å². The molecule has 2 heterocycles. The summed E-state index contributed by atoms with van der Waals surface area (Å²) in [4.78, 5) is 14.5. The van der Waals surface area contributed by atoms with Gasteiger partial charge in [0.05, 0.1) is 10.6 Å². The van der Waals surface area contributed by atoms with Gasteiger partial charge in [0, 0.05) is 25.3 Å². The second kappa shape index (κ2) is 7.67. The summed E-state index contributed by atoms with van der Waals surface area (Å²) < 4.78 is 12.2. The number of carbonyl (C=O) groups is 1. The molecule has 2 aliphatic heterocycles. The van der Waals surface area contributed by atoms with Crippen LogP contribution in [0.5, 0.6) is 5.75 Å². The van der Waals surface area contributed by atoms with Gasteiger partial charge in [-0.2, -0.15) is 0 Å². The van der Waals surface area contributed by atoms with E-state index in [1.165, 1.54) is 0 Å².